The molecule has 1 aliphatic carbocycles. The van der Waals surface area contributed by atoms with Crippen molar-refractivity contribution in [3.8, 4) is 0 Å². The van der Waals surface area contributed by atoms with Crippen LogP contribution in [0.4, 0.5) is 0 Å². The van der Waals surface area contributed by atoms with Gasteiger partial charge in [-0.3, -0.25) is 4.90 Å². The van der Waals surface area contributed by atoms with Crippen molar-refractivity contribution in [2.45, 2.75) is 84.6 Å². The molecule has 2 nitrogen and oxygen atoms in total. The van der Waals surface area contributed by atoms with Crippen LogP contribution >= 0.6 is 0 Å². The van der Waals surface area contributed by atoms with Crippen LogP contribution in [-0.4, -0.2) is 30.1 Å². The maximum atomic E-state index is 6.28. The molecule has 0 aromatic carbocycles. The highest BCUT2D eigenvalue weighted by Crippen LogP contribution is 2.32. The lowest BCUT2D eigenvalue weighted by Crippen LogP contribution is -2.54. The molecule has 0 saturated heterocycles. The van der Waals surface area contributed by atoms with Crippen LogP contribution in [0.15, 0.2) is 0 Å². The normalized spacial score (nSPS) is 19.8. The van der Waals surface area contributed by atoms with Gasteiger partial charge in [-0.1, -0.05) is 53.4 Å². The van der Waals surface area contributed by atoms with E-state index in [2.05, 4.69) is 32.6 Å². The van der Waals surface area contributed by atoms with Crippen LogP contribution in [0.25, 0.3) is 0 Å². The van der Waals surface area contributed by atoms with E-state index in [1.54, 1.807) is 0 Å². The summed E-state index contributed by atoms with van der Waals surface area (Å²) in [6.07, 6.45) is 10.8. The van der Waals surface area contributed by atoms with Crippen LogP contribution in [0.5, 0.6) is 0 Å². The van der Waals surface area contributed by atoms with Crippen molar-refractivity contribution >= 4 is 0 Å². The number of nitrogens with two attached hydrogens (primary N) is 1. The van der Waals surface area contributed by atoms with Gasteiger partial charge in [0.2, 0.25) is 0 Å². The van der Waals surface area contributed by atoms with Crippen molar-refractivity contribution in [1.82, 2.24) is 4.90 Å². The molecule has 20 heavy (non-hydrogen) atoms. The third-order valence-corrected chi connectivity index (χ3v) is 5.04. The third-order valence-electron chi connectivity index (χ3n) is 5.04. The second-order valence-electron chi connectivity index (χ2n) is 7.69. The molecule has 0 aliphatic heterocycles. The Morgan fingerprint density at radius 3 is 1.65 bits per heavy atom. The Hall–Kier alpha value is -0.0800. The van der Waals surface area contributed by atoms with Gasteiger partial charge in [0.25, 0.3) is 0 Å². The van der Waals surface area contributed by atoms with Crippen molar-refractivity contribution in [2.75, 3.05) is 19.6 Å². The van der Waals surface area contributed by atoms with Crippen LogP contribution < -0.4 is 5.73 Å². The van der Waals surface area contributed by atoms with Gasteiger partial charge in [0.1, 0.15) is 0 Å². The molecule has 0 spiro atoms. The van der Waals surface area contributed by atoms with Crippen LogP contribution in [0, 0.1) is 11.8 Å². The molecule has 0 aromatic heterocycles. The molecule has 0 heterocycles. The van der Waals surface area contributed by atoms with E-state index >= 15 is 0 Å². The fraction of sp³-hybridized carbons (Fsp3) is 1.00. The van der Waals surface area contributed by atoms with Gasteiger partial charge < -0.3 is 5.73 Å². The van der Waals surface area contributed by atoms with E-state index in [-0.39, 0.29) is 0 Å². The molecule has 1 aliphatic rings. The van der Waals surface area contributed by atoms with E-state index in [1.807, 2.05) is 0 Å². The second kappa shape index (κ2) is 9.04. The van der Waals surface area contributed by atoms with Crippen LogP contribution in [-0.2, 0) is 0 Å². The molecule has 120 valence electrons. The fourth-order valence-corrected chi connectivity index (χ4v) is 3.45. The molecule has 0 unspecified atom stereocenters. The molecule has 1 rings (SSSR count). The molecule has 1 fully saturated rings. The highest BCUT2D eigenvalue weighted by atomic mass is 15.2. The van der Waals surface area contributed by atoms with E-state index in [4.69, 9.17) is 5.73 Å². The van der Waals surface area contributed by atoms with Gasteiger partial charge in [-0.05, 0) is 50.6 Å². The van der Waals surface area contributed by atoms with Crippen LogP contribution in [0.3, 0.4) is 0 Å². The molecular weight excluding hydrogens is 244 g/mol. The zero-order valence-electron chi connectivity index (χ0n) is 14.5. The standard InChI is InChI=1S/C18H38N2/c1-16(2)9-13-20(14-10-17(3)4)18(15-19)11-7-5-6-8-12-18/h16-17H,5-15,19H2,1-4H3. The monoisotopic (exact) mass is 282 g/mol. The summed E-state index contributed by atoms with van der Waals surface area (Å²) in [5, 5.41) is 0. The Bertz CT molecular complexity index is 228. The van der Waals surface area contributed by atoms with E-state index < -0.39 is 0 Å². The van der Waals surface area contributed by atoms with Gasteiger partial charge in [0, 0.05) is 12.1 Å². The highest BCUT2D eigenvalue weighted by molar-refractivity contribution is 4.93. The van der Waals surface area contributed by atoms with Gasteiger partial charge in [0.15, 0.2) is 0 Å². The summed E-state index contributed by atoms with van der Waals surface area (Å²) in [6.45, 7) is 12.7. The fourth-order valence-electron chi connectivity index (χ4n) is 3.45. The number of hydrogen-bond donors (Lipinski definition) is 1. The zero-order chi connectivity index (χ0) is 15.0. The quantitative estimate of drug-likeness (QED) is 0.667. The van der Waals surface area contributed by atoms with Gasteiger partial charge in [-0.2, -0.15) is 0 Å². The molecule has 0 aromatic rings. The first-order chi connectivity index (χ1) is 9.50. The molecule has 0 amide bonds. The average molecular weight is 283 g/mol. The molecular formula is C18H38N2. The topological polar surface area (TPSA) is 29.3 Å². The van der Waals surface area contributed by atoms with E-state index in [1.165, 1.54) is 64.5 Å². The van der Waals surface area contributed by atoms with Gasteiger partial charge in [-0.25, -0.2) is 0 Å². The van der Waals surface area contributed by atoms with E-state index in [9.17, 15) is 0 Å². The summed E-state index contributed by atoms with van der Waals surface area (Å²) in [4.78, 5) is 2.78. The average Bonchev–Trinajstić information content (AvgIpc) is 2.64. The summed E-state index contributed by atoms with van der Waals surface area (Å²) in [5.41, 5.74) is 6.59. The van der Waals surface area contributed by atoms with Gasteiger partial charge in [-0.15, -0.1) is 0 Å². The Kier molecular flexibility index (Phi) is 8.13. The summed E-state index contributed by atoms with van der Waals surface area (Å²) in [7, 11) is 0. The molecule has 0 atom stereocenters. The first-order valence-corrected chi connectivity index (χ1v) is 8.95. The minimum atomic E-state index is 0.306. The largest absolute Gasteiger partial charge is 0.329 e. The van der Waals surface area contributed by atoms with E-state index in [0.717, 1.165) is 18.4 Å². The smallest absolute Gasteiger partial charge is 0.0331 e. The molecule has 2 N–H and O–H groups in total. The van der Waals surface area contributed by atoms with Gasteiger partial charge >= 0.3 is 0 Å². The van der Waals surface area contributed by atoms with Crippen LogP contribution in [0.1, 0.15) is 79.1 Å². The summed E-state index contributed by atoms with van der Waals surface area (Å²) in [6, 6.07) is 0. The zero-order valence-corrected chi connectivity index (χ0v) is 14.5. The van der Waals surface area contributed by atoms with Crippen molar-refractivity contribution in [3.63, 3.8) is 0 Å². The lowest BCUT2D eigenvalue weighted by Gasteiger charge is -2.44. The maximum Gasteiger partial charge on any atom is 0.0331 e. The lowest BCUT2D eigenvalue weighted by molar-refractivity contribution is 0.0679. The third kappa shape index (κ3) is 5.73. The van der Waals surface area contributed by atoms with Crippen LogP contribution in [0.2, 0.25) is 0 Å². The SMILES string of the molecule is CC(C)CCN(CCC(C)C)C1(CN)CCCCCC1. The predicted octanol–water partition coefficient (Wildman–Crippen LogP) is 4.43. The van der Waals surface area contributed by atoms with Gasteiger partial charge in [0.05, 0.1) is 0 Å². The molecule has 1 saturated carbocycles. The minimum Gasteiger partial charge on any atom is -0.329 e. The first kappa shape index (κ1) is 18.0. The highest BCUT2D eigenvalue weighted by Gasteiger charge is 2.35. The summed E-state index contributed by atoms with van der Waals surface area (Å²) >= 11 is 0. The Morgan fingerprint density at radius 1 is 0.850 bits per heavy atom. The lowest BCUT2D eigenvalue weighted by atomic mass is 9.87. The predicted molar refractivity (Wildman–Crippen MR) is 90.0 cm³/mol. The minimum absolute atomic E-state index is 0.306. The molecule has 0 radical (unpaired) electrons. The Labute approximate surface area is 127 Å². The van der Waals surface area contributed by atoms with Crippen molar-refractivity contribution in [3.05, 3.63) is 0 Å². The number of nitrogens with zero attached hydrogens (tertiary/aromatic N) is 1. The van der Waals surface area contributed by atoms with Crippen molar-refractivity contribution < 1.29 is 0 Å². The summed E-state index contributed by atoms with van der Waals surface area (Å²) < 4.78 is 0. The molecule has 0 bridgehead atoms. The molecule has 2 heteroatoms. The second-order valence-corrected chi connectivity index (χ2v) is 7.69. The van der Waals surface area contributed by atoms with Crippen molar-refractivity contribution in [1.29, 1.82) is 0 Å². The Morgan fingerprint density at radius 2 is 1.30 bits per heavy atom. The van der Waals surface area contributed by atoms with E-state index in [0.29, 0.717) is 5.54 Å². The first-order valence-electron chi connectivity index (χ1n) is 8.95. The summed E-state index contributed by atoms with van der Waals surface area (Å²) in [5.74, 6) is 1.58. The van der Waals surface area contributed by atoms with Crippen molar-refractivity contribution in [2.24, 2.45) is 17.6 Å². The number of rotatable bonds is 8. The Balaban J connectivity index is 2.73. The maximum absolute atomic E-state index is 6.28. The number of hydrogen-bond acceptors (Lipinski definition) is 2.